The fraction of sp³-hybridized carbons (Fsp3) is 1.00. The van der Waals surface area contributed by atoms with Crippen LogP contribution >= 0.6 is 0 Å². The molecule has 0 aliphatic carbocycles. The van der Waals surface area contributed by atoms with Crippen LogP contribution in [0.5, 0.6) is 0 Å². The smallest absolute Gasteiger partial charge is 0.279 e. The van der Waals surface area contributed by atoms with Crippen molar-refractivity contribution in [2.45, 2.75) is 57.7 Å². The van der Waals surface area contributed by atoms with Crippen molar-refractivity contribution in [2.75, 3.05) is 0 Å². The molecule has 0 saturated heterocycles. The summed E-state index contributed by atoms with van der Waals surface area (Å²) in [5, 5.41) is 0. The lowest BCUT2D eigenvalue weighted by Gasteiger charge is -1.97. The average molecular weight is 275 g/mol. The molecule has 0 fully saturated rings. The summed E-state index contributed by atoms with van der Waals surface area (Å²) < 4.78 is 57.5. The molecule has 8 heteroatoms. The number of unbranched alkanes of at least 4 members (excludes halogenated alkanes) is 2. The maximum atomic E-state index is 10.7. The van der Waals surface area contributed by atoms with Gasteiger partial charge >= 0.3 is 15.6 Å². The van der Waals surface area contributed by atoms with Crippen LogP contribution in [0.2, 0.25) is 12.6 Å². The van der Waals surface area contributed by atoms with Crippen LogP contribution in [0.25, 0.3) is 0 Å². The molecule has 1 N–H and O–H groups in total. The molecule has 0 heterocycles. The van der Waals surface area contributed by atoms with Crippen LogP contribution in [-0.2, 0) is 10.1 Å². The first kappa shape index (κ1) is 19.1. The molecule has 0 spiro atoms. The van der Waals surface area contributed by atoms with Crippen molar-refractivity contribution in [3.63, 3.8) is 0 Å². The monoisotopic (exact) mass is 275 g/mol. The molecule has 3 nitrogen and oxygen atoms in total. The Morgan fingerprint density at radius 2 is 1.35 bits per heavy atom. The summed E-state index contributed by atoms with van der Waals surface area (Å²) in [4.78, 5) is 0. The fourth-order valence-corrected chi connectivity index (χ4v) is 0.841. The minimum Gasteiger partial charge on any atom is -0.279 e. The highest BCUT2D eigenvalue weighted by atomic mass is 32.2. The van der Waals surface area contributed by atoms with Crippen molar-refractivity contribution in [2.24, 2.45) is 0 Å². The Morgan fingerprint density at radius 3 is 1.53 bits per heavy atom. The molecule has 0 unspecified atom stereocenters. The molecule has 0 rings (SSSR count). The minimum absolute atomic E-state index is 1.33. The largest absolute Gasteiger partial charge is 0.522 e. The molecule has 0 aromatic rings. The summed E-state index contributed by atoms with van der Waals surface area (Å²) in [5.41, 5.74) is -5.53. The third-order valence-corrected chi connectivity index (χ3v) is 2.40. The van der Waals surface area contributed by atoms with E-state index < -0.39 is 15.6 Å². The summed E-state index contributed by atoms with van der Waals surface area (Å²) in [7, 11) is -3.42. The highest BCUT2D eigenvalue weighted by Crippen LogP contribution is 2.20. The van der Waals surface area contributed by atoms with Gasteiger partial charge in [-0.25, -0.2) is 0 Å². The van der Waals surface area contributed by atoms with Crippen molar-refractivity contribution < 1.29 is 26.1 Å². The summed E-state index contributed by atoms with van der Waals surface area (Å²) in [6, 6.07) is 0. The van der Waals surface area contributed by atoms with Gasteiger partial charge in [0.05, 0.1) is 0 Å². The molecule has 0 aromatic heterocycles. The van der Waals surface area contributed by atoms with Crippen LogP contribution in [0.4, 0.5) is 13.2 Å². The quantitative estimate of drug-likeness (QED) is 0.349. The van der Waals surface area contributed by atoms with Gasteiger partial charge in [0.15, 0.2) is 0 Å². The molecule has 0 aliphatic rings. The highest BCUT2D eigenvalue weighted by Gasteiger charge is 2.44. The summed E-state index contributed by atoms with van der Waals surface area (Å²) in [5.74, 6) is 0. The maximum absolute atomic E-state index is 10.7. The van der Waals surface area contributed by atoms with E-state index in [-0.39, 0.29) is 0 Å². The van der Waals surface area contributed by atoms with Crippen LogP contribution in [0.15, 0.2) is 0 Å². The average Bonchev–Trinajstić information content (AvgIpc) is 2.15. The van der Waals surface area contributed by atoms with Crippen molar-refractivity contribution in [1.82, 2.24) is 0 Å². The predicted molar refractivity (Wildman–Crippen MR) is 62.8 cm³/mol. The first-order valence-corrected chi connectivity index (χ1v) is 6.96. The van der Waals surface area contributed by atoms with Gasteiger partial charge in [-0.15, -0.1) is 0 Å². The molecular formula is C9H19BF3O3S. The molecular weight excluding hydrogens is 256 g/mol. The van der Waals surface area contributed by atoms with Crippen molar-refractivity contribution in [3.8, 4) is 0 Å². The SMILES string of the molecule is CCCC[B]CCCC.O=S(=O)(O)C(F)(F)F. The molecule has 1 radical (unpaired) electrons. The van der Waals surface area contributed by atoms with Gasteiger partial charge in [0.2, 0.25) is 0 Å². The Bertz CT molecular complexity index is 259. The Balaban J connectivity index is 0. The van der Waals surface area contributed by atoms with Gasteiger partial charge in [-0.05, 0) is 0 Å². The number of hydrogen-bond acceptors (Lipinski definition) is 2. The third-order valence-electron chi connectivity index (χ3n) is 1.82. The van der Waals surface area contributed by atoms with Crippen molar-refractivity contribution >= 4 is 17.4 Å². The second kappa shape index (κ2) is 9.76. The third kappa shape index (κ3) is 13.7. The van der Waals surface area contributed by atoms with E-state index in [0.717, 1.165) is 0 Å². The van der Waals surface area contributed by atoms with E-state index in [9.17, 15) is 13.2 Å². The summed E-state index contributed by atoms with van der Waals surface area (Å²) in [6.07, 6.45) is 8.09. The van der Waals surface area contributed by atoms with Crippen LogP contribution in [0.3, 0.4) is 0 Å². The van der Waals surface area contributed by atoms with Crippen LogP contribution in [-0.4, -0.2) is 25.8 Å². The van der Waals surface area contributed by atoms with Gasteiger partial charge in [0.1, 0.15) is 7.28 Å². The van der Waals surface area contributed by atoms with Crippen LogP contribution in [0, 0.1) is 0 Å². The van der Waals surface area contributed by atoms with Gasteiger partial charge in [0.25, 0.3) is 0 Å². The topological polar surface area (TPSA) is 54.4 Å². The summed E-state index contributed by atoms with van der Waals surface area (Å²) >= 11 is 0. The second-order valence-corrected chi connectivity index (χ2v) is 4.91. The Kier molecular flexibility index (Phi) is 11.0. The van der Waals surface area contributed by atoms with Gasteiger partial charge in [0, 0.05) is 0 Å². The van der Waals surface area contributed by atoms with Gasteiger partial charge in [-0.3, -0.25) is 4.55 Å². The van der Waals surface area contributed by atoms with Crippen LogP contribution < -0.4 is 0 Å². The lowest BCUT2D eigenvalue weighted by molar-refractivity contribution is -0.0510. The number of rotatable bonds is 6. The zero-order valence-corrected chi connectivity index (χ0v) is 10.9. The molecule has 17 heavy (non-hydrogen) atoms. The van der Waals surface area contributed by atoms with Gasteiger partial charge in [-0.1, -0.05) is 52.2 Å². The summed E-state index contributed by atoms with van der Waals surface area (Å²) in [6.45, 7) is 4.49. The Morgan fingerprint density at radius 1 is 1.06 bits per heavy atom. The molecule has 0 aromatic carbocycles. The lowest BCUT2D eigenvalue weighted by atomic mass is 9.68. The first-order valence-electron chi connectivity index (χ1n) is 5.52. The Labute approximate surface area is 102 Å². The lowest BCUT2D eigenvalue weighted by Crippen LogP contribution is -2.21. The number of alkyl halides is 3. The van der Waals surface area contributed by atoms with E-state index in [1.807, 2.05) is 0 Å². The molecule has 0 atom stereocenters. The molecule has 103 valence electrons. The molecule has 0 bridgehead atoms. The maximum Gasteiger partial charge on any atom is 0.522 e. The van der Waals surface area contributed by atoms with E-state index in [4.69, 9.17) is 13.0 Å². The first-order chi connectivity index (χ1) is 7.66. The second-order valence-electron chi connectivity index (χ2n) is 3.49. The van der Waals surface area contributed by atoms with E-state index >= 15 is 0 Å². The van der Waals surface area contributed by atoms with E-state index in [1.54, 1.807) is 0 Å². The predicted octanol–water partition coefficient (Wildman–Crippen LogP) is 3.52. The fourth-order valence-electron chi connectivity index (χ4n) is 0.841. The van der Waals surface area contributed by atoms with Gasteiger partial charge < -0.3 is 0 Å². The zero-order chi connectivity index (χ0) is 13.9. The zero-order valence-electron chi connectivity index (χ0n) is 10.1. The van der Waals surface area contributed by atoms with E-state index in [1.165, 1.54) is 38.3 Å². The van der Waals surface area contributed by atoms with E-state index in [2.05, 4.69) is 21.1 Å². The number of halogens is 3. The molecule has 0 saturated carbocycles. The van der Waals surface area contributed by atoms with Crippen molar-refractivity contribution in [3.05, 3.63) is 0 Å². The molecule has 0 amide bonds. The minimum atomic E-state index is -5.84. The highest BCUT2D eigenvalue weighted by molar-refractivity contribution is 7.86. The Hall–Kier alpha value is -0.235. The van der Waals surface area contributed by atoms with Crippen LogP contribution in [0.1, 0.15) is 39.5 Å². The number of hydrogen-bond donors (Lipinski definition) is 1. The standard InChI is InChI=1S/C8H18B.CHF3O3S/c1-3-5-7-9-8-6-4-2;2-1(3,4)8(5,6)7/h3-8H2,1-2H3;(H,5,6,7). The molecule has 0 aliphatic heterocycles. The van der Waals surface area contributed by atoms with Gasteiger partial charge in [-0.2, -0.15) is 21.6 Å². The van der Waals surface area contributed by atoms with E-state index in [0.29, 0.717) is 0 Å². The normalized spacial score (nSPS) is 11.6. The van der Waals surface area contributed by atoms with Crippen molar-refractivity contribution in [1.29, 1.82) is 0 Å².